The molecule has 0 saturated heterocycles. The van der Waals surface area contributed by atoms with Crippen LogP contribution in [0.15, 0.2) is 0 Å². The molecule has 0 amide bonds. The van der Waals surface area contributed by atoms with Crippen LogP contribution in [0.4, 0.5) is 0 Å². The van der Waals surface area contributed by atoms with E-state index in [1.807, 2.05) is 13.8 Å². The molecule has 0 aliphatic carbocycles. The van der Waals surface area contributed by atoms with Crippen molar-refractivity contribution in [2.45, 2.75) is 40.2 Å². The van der Waals surface area contributed by atoms with Crippen LogP contribution in [0.5, 0.6) is 0 Å². The van der Waals surface area contributed by atoms with Crippen molar-refractivity contribution < 1.29 is 9.59 Å². The van der Waals surface area contributed by atoms with Crippen LogP contribution in [0.3, 0.4) is 0 Å². The predicted molar refractivity (Wildman–Crippen MR) is 53.5 cm³/mol. The highest BCUT2D eigenvalue weighted by Gasteiger charge is 2.24. The highest BCUT2D eigenvalue weighted by atomic mass is 16.1. The van der Waals surface area contributed by atoms with Crippen molar-refractivity contribution >= 4 is 18.9 Å². The molecule has 0 unspecified atom stereocenters. The third-order valence-corrected chi connectivity index (χ3v) is 2.02. The minimum atomic E-state index is -0.648. The first-order chi connectivity index (χ1) is 5.77. The fraction of sp³-hybridized carbons (Fsp3) is 0.778. The third kappa shape index (κ3) is 4.22. The molecule has 0 bridgehead atoms. The lowest BCUT2D eigenvalue weighted by Gasteiger charge is -2.22. The Bertz CT molecular complexity index is 212. The lowest BCUT2D eigenvalue weighted by molar-refractivity contribution is -0.121. The maximum Gasteiger partial charge on any atom is 0.296 e. The van der Waals surface area contributed by atoms with Crippen LogP contribution in [0.2, 0.25) is 0 Å². The lowest BCUT2D eigenvalue weighted by atomic mass is 9.77. The average Bonchev–Trinajstić information content (AvgIpc) is 1.99. The van der Waals surface area contributed by atoms with Gasteiger partial charge in [-0.25, -0.2) is 0 Å². The zero-order valence-corrected chi connectivity index (χ0v) is 8.97. The van der Waals surface area contributed by atoms with Gasteiger partial charge in [-0.2, -0.15) is 0 Å². The summed E-state index contributed by atoms with van der Waals surface area (Å²) in [6, 6.07) is 0. The molecule has 0 fully saturated rings. The number of ketones is 1. The second kappa shape index (κ2) is 4.56. The Kier molecular flexibility index (Phi) is 4.34. The van der Waals surface area contributed by atoms with Gasteiger partial charge >= 0.3 is 0 Å². The van der Waals surface area contributed by atoms with Crippen LogP contribution in [-0.4, -0.2) is 24.4 Å². The van der Waals surface area contributed by atoms with E-state index in [1.54, 1.807) is 13.8 Å². The molecular formula is C9H17BNO2. The van der Waals surface area contributed by atoms with E-state index in [9.17, 15) is 9.59 Å². The first kappa shape index (κ1) is 12.4. The summed E-state index contributed by atoms with van der Waals surface area (Å²) in [6.45, 7) is 8.64. The second-order valence-corrected chi connectivity index (χ2v) is 4.03. The molecule has 0 spiro atoms. The summed E-state index contributed by atoms with van der Waals surface area (Å²) >= 11 is 0. The molecule has 0 saturated carbocycles. The van der Waals surface area contributed by atoms with Crippen molar-refractivity contribution in [2.24, 2.45) is 5.92 Å². The quantitative estimate of drug-likeness (QED) is 0.638. The van der Waals surface area contributed by atoms with Gasteiger partial charge in [0.05, 0.1) is 5.54 Å². The molecule has 0 rings (SSSR count). The molecule has 1 radical (unpaired) electrons. The zero-order chi connectivity index (χ0) is 10.6. The van der Waals surface area contributed by atoms with Gasteiger partial charge in [-0.15, -0.1) is 0 Å². The normalized spacial score (nSPS) is 11.5. The van der Waals surface area contributed by atoms with E-state index < -0.39 is 5.54 Å². The monoisotopic (exact) mass is 182 g/mol. The number of rotatable bonds is 5. The van der Waals surface area contributed by atoms with Crippen molar-refractivity contribution in [3.8, 4) is 0 Å². The Hall–Kier alpha value is -0.635. The third-order valence-electron chi connectivity index (χ3n) is 2.02. The van der Waals surface area contributed by atoms with Gasteiger partial charge < -0.3 is 10.0 Å². The highest BCUT2D eigenvalue weighted by molar-refractivity contribution is 6.72. The number of hydrogen-bond donors (Lipinski definition) is 1. The second-order valence-electron chi connectivity index (χ2n) is 4.03. The maximum atomic E-state index is 11.2. The Morgan fingerprint density at radius 3 is 2.08 bits per heavy atom. The molecule has 13 heavy (non-hydrogen) atoms. The van der Waals surface area contributed by atoms with Gasteiger partial charge in [-0.3, -0.25) is 4.79 Å². The lowest BCUT2D eigenvalue weighted by Crippen LogP contribution is -2.50. The molecule has 1 N–H and O–H groups in total. The van der Waals surface area contributed by atoms with Gasteiger partial charge in [0.25, 0.3) is 7.41 Å². The van der Waals surface area contributed by atoms with Crippen LogP contribution in [-0.2, 0) is 9.59 Å². The average molecular weight is 182 g/mol. The Labute approximate surface area is 80.5 Å². The van der Waals surface area contributed by atoms with Gasteiger partial charge in [0, 0.05) is 5.92 Å². The Balaban J connectivity index is 4.03. The number of Topliss-reactive ketones (excluding diaryl/α,β-unsaturated/α-hetero) is 1. The molecule has 0 heterocycles. The zero-order valence-electron chi connectivity index (χ0n) is 8.97. The van der Waals surface area contributed by atoms with Crippen LogP contribution < -0.4 is 5.23 Å². The van der Waals surface area contributed by atoms with Gasteiger partial charge in [0.1, 0.15) is 11.5 Å². The molecule has 3 nitrogen and oxygen atoms in total. The predicted octanol–water partition coefficient (Wildman–Crippen LogP) is 0.745. The fourth-order valence-electron chi connectivity index (χ4n) is 0.520. The van der Waals surface area contributed by atoms with Crippen LogP contribution in [0.1, 0.15) is 34.6 Å². The molecule has 0 aromatic heterocycles. The van der Waals surface area contributed by atoms with E-state index in [0.29, 0.717) is 0 Å². The summed E-state index contributed by atoms with van der Waals surface area (Å²) in [7, 11) is 1.38. The van der Waals surface area contributed by atoms with E-state index in [0.717, 1.165) is 0 Å². The molecule has 0 aliphatic heterocycles. The van der Waals surface area contributed by atoms with E-state index in [-0.39, 0.29) is 17.4 Å². The summed E-state index contributed by atoms with van der Waals surface area (Å²) < 4.78 is 0. The SMILES string of the molecule is CC(=O)C(C)(C)N[B]C(=O)C(C)C. The summed E-state index contributed by atoms with van der Waals surface area (Å²) in [4.78, 5) is 22.2. The molecule has 0 aromatic rings. The van der Waals surface area contributed by atoms with Crippen molar-refractivity contribution in [3.63, 3.8) is 0 Å². The number of carbonyl (C=O) groups excluding carboxylic acids is 2. The van der Waals surface area contributed by atoms with E-state index in [2.05, 4.69) is 5.23 Å². The fourth-order valence-corrected chi connectivity index (χ4v) is 0.520. The standard InChI is InChI=1S/C9H17BNO2/c1-6(2)8(13)10-11-9(4,5)7(3)12/h6,11H,1-5H3. The Morgan fingerprint density at radius 1 is 1.31 bits per heavy atom. The van der Waals surface area contributed by atoms with Crippen molar-refractivity contribution in [2.75, 3.05) is 0 Å². The van der Waals surface area contributed by atoms with Gasteiger partial charge in [-0.1, -0.05) is 13.8 Å². The van der Waals surface area contributed by atoms with Crippen LogP contribution in [0, 0.1) is 5.92 Å². The van der Waals surface area contributed by atoms with Crippen LogP contribution in [0.25, 0.3) is 0 Å². The molecule has 0 aliphatic rings. The molecule has 0 aromatic carbocycles. The smallest absolute Gasteiger partial charge is 0.296 e. The van der Waals surface area contributed by atoms with E-state index >= 15 is 0 Å². The minimum absolute atomic E-state index is 0.00863. The molecule has 4 heteroatoms. The summed E-state index contributed by atoms with van der Waals surface area (Å²) in [5.74, 6) is -0.0180. The highest BCUT2D eigenvalue weighted by Crippen LogP contribution is 2.02. The molecular weight excluding hydrogens is 165 g/mol. The largest absolute Gasteiger partial charge is 0.343 e. The summed E-state index contributed by atoms with van der Waals surface area (Å²) in [5.41, 5.74) is -0.640. The summed E-state index contributed by atoms with van der Waals surface area (Å²) in [5, 5.41) is 2.82. The topological polar surface area (TPSA) is 46.2 Å². The van der Waals surface area contributed by atoms with Crippen molar-refractivity contribution in [1.82, 2.24) is 5.23 Å². The van der Waals surface area contributed by atoms with Gasteiger partial charge in [-0.05, 0) is 20.8 Å². The van der Waals surface area contributed by atoms with E-state index in [4.69, 9.17) is 0 Å². The van der Waals surface area contributed by atoms with Crippen molar-refractivity contribution in [3.05, 3.63) is 0 Å². The molecule has 0 atom stereocenters. The first-order valence-corrected chi connectivity index (χ1v) is 4.43. The Morgan fingerprint density at radius 2 is 1.77 bits per heavy atom. The van der Waals surface area contributed by atoms with Gasteiger partial charge in [0.15, 0.2) is 0 Å². The summed E-state index contributed by atoms with van der Waals surface area (Å²) in [6.07, 6.45) is 0. The molecule has 73 valence electrons. The number of hydrogen-bond acceptors (Lipinski definition) is 3. The maximum absolute atomic E-state index is 11.2. The number of carbonyl (C=O) groups is 2. The van der Waals surface area contributed by atoms with E-state index in [1.165, 1.54) is 14.3 Å². The van der Waals surface area contributed by atoms with Crippen molar-refractivity contribution in [1.29, 1.82) is 0 Å². The minimum Gasteiger partial charge on any atom is -0.343 e. The number of nitrogens with one attached hydrogen (secondary N) is 1. The van der Waals surface area contributed by atoms with Crippen LogP contribution >= 0.6 is 0 Å². The first-order valence-electron chi connectivity index (χ1n) is 4.43. The van der Waals surface area contributed by atoms with Gasteiger partial charge in [0.2, 0.25) is 0 Å².